The Kier molecular flexibility index (Phi) is 4.79. The minimum Gasteiger partial charge on any atom is -0.389 e. The van der Waals surface area contributed by atoms with Gasteiger partial charge in [0, 0.05) is 21.5 Å². The smallest absolute Gasteiger partial charge is 0.107 e. The van der Waals surface area contributed by atoms with E-state index < -0.39 is 0 Å². The van der Waals surface area contributed by atoms with Crippen molar-refractivity contribution in [2.45, 2.75) is 18.4 Å². The van der Waals surface area contributed by atoms with E-state index >= 15 is 0 Å². The molecule has 0 spiro atoms. The number of benzene rings is 1. The molecule has 0 aliphatic carbocycles. The normalized spacial score (nSPS) is 10.4. The van der Waals surface area contributed by atoms with Crippen LogP contribution in [-0.4, -0.2) is 16.2 Å². The maximum absolute atomic E-state index is 5.83. The molecule has 0 bridgehead atoms. The molecule has 0 atom stereocenters. The summed E-state index contributed by atoms with van der Waals surface area (Å²) in [6.07, 6.45) is 2.02. The standard InChI is InChI=1S/C13H15N3S3/c1-8-16-9(7-19-8)6-15-10-4-3-5-11(18-2)12(10)13(14)17/h3-5,7,15H,6H2,1-2H3,(H2,14,17). The molecule has 2 aromatic rings. The van der Waals surface area contributed by atoms with Gasteiger partial charge in [0.15, 0.2) is 0 Å². The van der Waals surface area contributed by atoms with E-state index in [0.717, 1.165) is 26.8 Å². The van der Waals surface area contributed by atoms with Gasteiger partial charge in [-0.05, 0) is 25.3 Å². The van der Waals surface area contributed by atoms with Crippen molar-refractivity contribution in [2.75, 3.05) is 11.6 Å². The molecule has 2 rings (SSSR count). The van der Waals surface area contributed by atoms with Gasteiger partial charge in [-0.15, -0.1) is 23.1 Å². The van der Waals surface area contributed by atoms with Gasteiger partial charge in [0.05, 0.1) is 17.2 Å². The van der Waals surface area contributed by atoms with Crippen molar-refractivity contribution in [3.63, 3.8) is 0 Å². The predicted octanol–water partition coefficient (Wildman–Crippen LogP) is 3.42. The zero-order valence-corrected chi connectivity index (χ0v) is 13.2. The zero-order valence-electron chi connectivity index (χ0n) is 10.8. The van der Waals surface area contributed by atoms with E-state index in [1.54, 1.807) is 23.1 Å². The van der Waals surface area contributed by atoms with Crippen LogP contribution in [0.1, 0.15) is 16.3 Å². The van der Waals surface area contributed by atoms with E-state index in [1.807, 2.05) is 31.4 Å². The van der Waals surface area contributed by atoms with E-state index in [0.29, 0.717) is 11.5 Å². The van der Waals surface area contributed by atoms with E-state index in [-0.39, 0.29) is 0 Å². The zero-order chi connectivity index (χ0) is 13.8. The Bertz CT molecular complexity index is 593. The first kappa shape index (κ1) is 14.3. The molecule has 1 heterocycles. The average Bonchev–Trinajstić information content (AvgIpc) is 2.81. The van der Waals surface area contributed by atoms with Crippen molar-refractivity contribution in [3.8, 4) is 0 Å². The van der Waals surface area contributed by atoms with Gasteiger partial charge >= 0.3 is 0 Å². The van der Waals surface area contributed by atoms with Crippen molar-refractivity contribution in [1.82, 2.24) is 4.98 Å². The summed E-state index contributed by atoms with van der Waals surface area (Å²) in [6, 6.07) is 6.02. The molecule has 6 heteroatoms. The predicted molar refractivity (Wildman–Crippen MR) is 88.3 cm³/mol. The molecule has 0 saturated heterocycles. The number of nitrogens with zero attached hydrogens (tertiary/aromatic N) is 1. The SMILES string of the molecule is CSc1cccc(NCc2csc(C)n2)c1C(N)=S. The Morgan fingerprint density at radius 2 is 2.32 bits per heavy atom. The van der Waals surface area contributed by atoms with Crippen molar-refractivity contribution < 1.29 is 0 Å². The van der Waals surface area contributed by atoms with Crippen LogP contribution < -0.4 is 11.1 Å². The number of nitrogens with one attached hydrogen (secondary N) is 1. The van der Waals surface area contributed by atoms with Crippen LogP contribution in [0.2, 0.25) is 0 Å². The highest BCUT2D eigenvalue weighted by molar-refractivity contribution is 7.98. The van der Waals surface area contributed by atoms with E-state index in [2.05, 4.69) is 15.7 Å². The number of nitrogens with two attached hydrogens (primary N) is 1. The molecule has 1 aromatic carbocycles. The van der Waals surface area contributed by atoms with Crippen LogP contribution >= 0.6 is 35.3 Å². The third-order valence-corrected chi connectivity index (χ3v) is 4.43. The number of thiazole rings is 1. The highest BCUT2D eigenvalue weighted by Gasteiger charge is 2.10. The molecule has 0 aliphatic rings. The Hall–Kier alpha value is -1.11. The molecule has 1 aromatic heterocycles. The first-order valence-electron chi connectivity index (χ1n) is 5.73. The van der Waals surface area contributed by atoms with Crippen molar-refractivity contribution in [3.05, 3.63) is 39.8 Å². The molecule has 100 valence electrons. The van der Waals surface area contributed by atoms with Crippen LogP contribution in [0.4, 0.5) is 5.69 Å². The van der Waals surface area contributed by atoms with Gasteiger partial charge in [-0.3, -0.25) is 0 Å². The number of hydrogen-bond donors (Lipinski definition) is 2. The summed E-state index contributed by atoms with van der Waals surface area (Å²) in [6.45, 7) is 2.68. The summed E-state index contributed by atoms with van der Waals surface area (Å²) in [5.74, 6) is 0. The summed E-state index contributed by atoms with van der Waals surface area (Å²) in [5, 5.41) is 6.49. The first-order valence-corrected chi connectivity index (χ1v) is 8.24. The fraction of sp³-hybridized carbons (Fsp3) is 0.231. The Morgan fingerprint density at radius 1 is 1.53 bits per heavy atom. The second-order valence-corrected chi connectivity index (χ2v) is 6.31. The third-order valence-electron chi connectivity index (χ3n) is 2.62. The average molecular weight is 309 g/mol. The minimum atomic E-state index is 0.418. The molecule has 0 unspecified atom stereocenters. The van der Waals surface area contributed by atoms with Gasteiger partial charge in [-0.2, -0.15) is 0 Å². The molecule has 0 amide bonds. The van der Waals surface area contributed by atoms with Crippen LogP contribution in [0.15, 0.2) is 28.5 Å². The molecule has 19 heavy (non-hydrogen) atoms. The van der Waals surface area contributed by atoms with Gasteiger partial charge in [-0.25, -0.2) is 4.98 Å². The van der Waals surface area contributed by atoms with Crippen LogP contribution in [0.25, 0.3) is 0 Å². The second-order valence-electron chi connectivity index (χ2n) is 3.96. The number of hydrogen-bond acceptors (Lipinski definition) is 5. The number of anilines is 1. The van der Waals surface area contributed by atoms with Gasteiger partial charge in [-0.1, -0.05) is 18.3 Å². The molecule has 3 nitrogen and oxygen atoms in total. The van der Waals surface area contributed by atoms with Crippen LogP contribution in [0, 0.1) is 6.92 Å². The van der Waals surface area contributed by atoms with Gasteiger partial charge in [0.25, 0.3) is 0 Å². The Morgan fingerprint density at radius 3 is 2.89 bits per heavy atom. The topological polar surface area (TPSA) is 50.9 Å². The lowest BCUT2D eigenvalue weighted by atomic mass is 10.1. The van der Waals surface area contributed by atoms with Gasteiger partial charge < -0.3 is 11.1 Å². The maximum Gasteiger partial charge on any atom is 0.107 e. The largest absolute Gasteiger partial charge is 0.389 e. The van der Waals surface area contributed by atoms with Crippen LogP contribution in [0.3, 0.4) is 0 Å². The first-order chi connectivity index (χ1) is 9.11. The van der Waals surface area contributed by atoms with E-state index in [4.69, 9.17) is 18.0 Å². The molecule has 0 aliphatic heterocycles. The van der Waals surface area contributed by atoms with Crippen LogP contribution in [-0.2, 0) is 6.54 Å². The summed E-state index contributed by atoms with van der Waals surface area (Å²) >= 11 is 8.44. The molecular formula is C13H15N3S3. The summed E-state index contributed by atoms with van der Waals surface area (Å²) in [4.78, 5) is 5.94. The maximum atomic E-state index is 5.83. The lowest BCUT2D eigenvalue weighted by Crippen LogP contribution is -2.14. The number of aromatic nitrogens is 1. The summed E-state index contributed by atoms with van der Waals surface area (Å²) in [7, 11) is 0. The second kappa shape index (κ2) is 6.36. The molecular weight excluding hydrogens is 294 g/mol. The van der Waals surface area contributed by atoms with E-state index in [9.17, 15) is 0 Å². The molecule has 0 radical (unpaired) electrons. The number of thiocarbonyl (C=S) groups is 1. The minimum absolute atomic E-state index is 0.418. The van der Waals surface area contributed by atoms with Crippen molar-refractivity contribution >= 4 is 46.0 Å². The lowest BCUT2D eigenvalue weighted by Gasteiger charge is -2.13. The monoisotopic (exact) mass is 309 g/mol. The highest BCUT2D eigenvalue weighted by Crippen LogP contribution is 2.27. The number of thioether (sulfide) groups is 1. The van der Waals surface area contributed by atoms with Crippen molar-refractivity contribution in [2.24, 2.45) is 5.73 Å². The lowest BCUT2D eigenvalue weighted by molar-refractivity contribution is 1.05. The highest BCUT2D eigenvalue weighted by atomic mass is 32.2. The Labute approximate surface area is 126 Å². The third kappa shape index (κ3) is 3.46. The Balaban J connectivity index is 2.22. The molecule has 3 N–H and O–H groups in total. The van der Waals surface area contributed by atoms with E-state index in [1.165, 1.54) is 0 Å². The molecule has 0 saturated carbocycles. The summed E-state index contributed by atoms with van der Waals surface area (Å²) in [5.41, 5.74) is 8.74. The summed E-state index contributed by atoms with van der Waals surface area (Å²) < 4.78 is 0. The molecule has 0 fully saturated rings. The van der Waals surface area contributed by atoms with Gasteiger partial charge in [0.2, 0.25) is 0 Å². The van der Waals surface area contributed by atoms with Gasteiger partial charge in [0.1, 0.15) is 4.99 Å². The number of aryl methyl sites for hydroxylation is 1. The van der Waals surface area contributed by atoms with Crippen LogP contribution in [0.5, 0.6) is 0 Å². The number of rotatable bonds is 5. The fourth-order valence-corrected chi connectivity index (χ4v) is 3.31. The quantitative estimate of drug-likeness (QED) is 0.655. The van der Waals surface area contributed by atoms with Crippen molar-refractivity contribution in [1.29, 1.82) is 0 Å². The fourth-order valence-electron chi connectivity index (χ4n) is 1.78.